The molecule has 1 aromatic rings. The van der Waals surface area contributed by atoms with E-state index in [0.717, 1.165) is 6.07 Å². The van der Waals surface area contributed by atoms with Crippen molar-refractivity contribution in [3.63, 3.8) is 0 Å². The highest BCUT2D eigenvalue weighted by molar-refractivity contribution is 5.66. The minimum atomic E-state index is -0.916. The summed E-state index contributed by atoms with van der Waals surface area (Å²) in [6, 6.07) is 0.806. The second-order valence-electron chi connectivity index (χ2n) is 3.97. The van der Waals surface area contributed by atoms with E-state index < -0.39 is 17.6 Å². The maximum Gasteiger partial charge on any atom is 0.303 e. The first-order valence-electron chi connectivity index (χ1n) is 5.44. The SMILES string of the molecule is O=C(O)CCCc1c(F)cc(F)c2c1CCO2. The van der Waals surface area contributed by atoms with Crippen LogP contribution >= 0.6 is 0 Å². The minimum Gasteiger partial charge on any atom is -0.490 e. The summed E-state index contributed by atoms with van der Waals surface area (Å²) in [6.07, 6.45) is 1.09. The second kappa shape index (κ2) is 4.69. The summed E-state index contributed by atoms with van der Waals surface area (Å²) in [5.74, 6) is -2.09. The molecule has 0 aliphatic carbocycles. The van der Waals surface area contributed by atoms with E-state index in [4.69, 9.17) is 9.84 Å². The van der Waals surface area contributed by atoms with Crippen molar-refractivity contribution in [1.82, 2.24) is 0 Å². The topological polar surface area (TPSA) is 46.5 Å². The molecule has 3 nitrogen and oxygen atoms in total. The summed E-state index contributed by atoms with van der Waals surface area (Å²) >= 11 is 0. The monoisotopic (exact) mass is 242 g/mol. The molecule has 0 spiro atoms. The van der Waals surface area contributed by atoms with E-state index in [0.29, 0.717) is 37.0 Å². The molecular weight excluding hydrogens is 230 g/mol. The number of ether oxygens (including phenoxy) is 1. The van der Waals surface area contributed by atoms with E-state index in [2.05, 4.69) is 0 Å². The molecule has 17 heavy (non-hydrogen) atoms. The lowest BCUT2D eigenvalue weighted by Gasteiger charge is -2.08. The molecule has 0 aromatic heterocycles. The first-order valence-corrected chi connectivity index (χ1v) is 5.44. The van der Waals surface area contributed by atoms with E-state index in [-0.39, 0.29) is 12.2 Å². The van der Waals surface area contributed by atoms with Crippen molar-refractivity contribution in [3.8, 4) is 5.75 Å². The number of fused-ring (bicyclic) bond motifs is 1. The van der Waals surface area contributed by atoms with E-state index in [9.17, 15) is 13.6 Å². The summed E-state index contributed by atoms with van der Waals surface area (Å²) in [4.78, 5) is 10.4. The Morgan fingerprint density at radius 3 is 2.88 bits per heavy atom. The maximum atomic E-state index is 13.6. The standard InChI is InChI=1S/C12H12F2O3/c13-9-6-10(14)12-8(4-5-17-12)7(9)2-1-3-11(15)16/h6H,1-5H2,(H,15,16). The highest BCUT2D eigenvalue weighted by Crippen LogP contribution is 2.33. The molecule has 92 valence electrons. The summed E-state index contributed by atoms with van der Waals surface area (Å²) in [5, 5.41) is 8.52. The molecule has 2 rings (SSSR count). The number of halogens is 2. The summed E-state index contributed by atoms with van der Waals surface area (Å²) < 4.78 is 32.0. The van der Waals surface area contributed by atoms with Crippen LogP contribution in [0.25, 0.3) is 0 Å². The van der Waals surface area contributed by atoms with Gasteiger partial charge >= 0.3 is 5.97 Å². The van der Waals surface area contributed by atoms with E-state index >= 15 is 0 Å². The molecule has 0 amide bonds. The van der Waals surface area contributed by atoms with Gasteiger partial charge in [-0.15, -0.1) is 0 Å². The van der Waals surface area contributed by atoms with Gasteiger partial charge in [0.25, 0.3) is 0 Å². The van der Waals surface area contributed by atoms with Gasteiger partial charge in [0.2, 0.25) is 0 Å². The highest BCUT2D eigenvalue weighted by atomic mass is 19.1. The highest BCUT2D eigenvalue weighted by Gasteiger charge is 2.23. The molecule has 0 bridgehead atoms. The molecule has 0 radical (unpaired) electrons. The predicted octanol–water partition coefficient (Wildman–Crippen LogP) is 2.31. The van der Waals surface area contributed by atoms with E-state index in [1.54, 1.807) is 0 Å². The van der Waals surface area contributed by atoms with Crippen LogP contribution < -0.4 is 4.74 Å². The molecule has 0 unspecified atom stereocenters. The first kappa shape index (κ1) is 11.8. The lowest BCUT2D eigenvalue weighted by Crippen LogP contribution is -2.01. The zero-order valence-electron chi connectivity index (χ0n) is 9.13. The molecule has 0 fully saturated rings. The normalized spacial score (nSPS) is 13.3. The molecule has 0 saturated heterocycles. The third kappa shape index (κ3) is 2.38. The second-order valence-corrected chi connectivity index (χ2v) is 3.97. The average Bonchev–Trinajstić information content (AvgIpc) is 2.71. The predicted molar refractivity (Wildman–Crippen MR) is 56.1 cm³/mol. The van der Waals surface area contributed by atoms with Gasteiger partial charge in [-0.1, -0.05) is 0 Å². The Morgan fingerprint density at radius 2 is 2.18 bits per heavy atom. The van der Waals surface area contributed by atoms with Crippen molar-refractivity contribution in [3.05, 3.63) is 28.8 Å². The number of hydrogen-bond donors (Lipinski definition) is 1. The van der Waals surface area contributed by atoms with Crippen molar-refractivity contribution in [2.45, 2.75) is 25.7 Å². The minimum absolute atomic E-state index is 0.0214. The molecule has 0 saturated carbocycles. The summed E-state index contributed by atoms with van der Waals surface area (Å²) in [6.45, 7) is 0.349. The molecule has 1 aromatic carbocycles. The third-order valence-electron chi connectivity index (χ3n) is 2.81. The van der Waals surface area contributed by atoms with Gasteiger partial charge in [-0.2, -0.15) is 0 Å². The van der Waals surface area contributed by atoms with Crippen molar-refractivity contribution in [2.24, 2.45) is 0 Å². The van der Waals surface area contributed by atoms with Crippen molar-refractivity contribution in [2.75, 3.05) is 6.61 Å². The van der Waals surface area contributed by atoms with Crippen LogP contribution in [0.4, 0.5) is 8.78 Å². The van der Waals surface area contributed by atoms with Gasteiger partial charge in [-0.3, -0.25) is 4.79 Å². The van der Waals surface area contributed by atoms with Gasteiger partial charge in [0.15, 0.2) is 11.6 Å². The number of benzene rings is 1. The Labute approximate surface area is 97.0 Å². The molecule has 1 aliphatic heterocycles. The van der Waals surface area contributed by atoms with Crippen LogP contribution in [0, 0.1) is 11.6 Å². The summed E-state index contributed by atoms with van der Waals surface area (Å²) in [5.41, 5.74) is 0.938. The van der Waals surface area contributed by atoms with E-state index in [1.807, 2.05) is 0 Å². The smallest absolute Gasteiger partial charge is 0.303 e. The lowest BCUT2D eigenvalue weighted by molar-refractivity contribution is -0.137. The van der Waals surface area contributed by atoms with Gasteiger partial charge < -0.3 is 9.84 Å². The van der Waals surface area contributed by atoms with Crippen molar-refractivity contribution in [1.29, 1.82) is 0 Å². The fourth-order valence-corrected chi connectivity index (χ4v) is 2.05. The molecule has 1 aliphatic rings. The van der Waals surface area contributed by atoms with Crippen LogP contribution in [-0.2, 0) is 17.6 Å². The van der Waals surface area contributed by atoms with Gasteiger partial charge in [-0.25, -0.2) is 8.78 Å². The fourth-order valence-electron chi connectivity index (χ4n) is 2.05. The Morgan fingerprint density at radius 1 is 1.41 bits per heavy atom. The van der Waals surface area contributed by atoms with Gasteiger partial charge in [0.1, 0.15) is 5.82 Å². The fraction of sp³-hybridized carbons (Fsp3) is 0.417. The van der Waals surface area contributed by atoms with Gasteiger partial charge in [0.05, 0.1) is 6.61 Å². The third-order valence-corrected chi connectivity index (χ3v) is 2.81. The number of carboxylic acids is 1. The largest absolute Gasteiger partial charge is 0.490 e. The Bertz CT molecular complexity index is 458. The average molecular weight is 242 g/mol. The Kier molecular flexibility index (Phi) is 3.26. The molecular formula is C12H12F2O3. The number of hydrogen-bond acceptors (Lipinski definition) is 2. The first-order chi connectivity index (χ1) is 8.09. The van der Waals surface area contributed by atoms with Crippen LogP contribution in [0.3, 0.4) is 0 Å². The number of aliphatic carboxylic acids is 1. The molecule has 0 atom stereocenters. The Balaban J connectivity index is 2.22. The van der Waals surface area contributed by atoms with Crippen molar-refractivity contribution < 1.29 is 23.4 Å². The van der Waals surface area contributed by atoms with Gasteiger partial charge in [-0.05, 0) is 18.4 Å². The number of carbonyl (C=O) groups is 1. The molecule has 1 heterocycles. The van der Waals surface area contributed by atoms with Crippen LogP contribution in [0.2, 0.25) is 0 Å². The molecule has 5 heteroatoms. The maximum absolute atomic E-state index is 13.6. The zero-order chi connectivity index (χ0) is 12.4. The number of carboxylic acid groups (broad SMARTS) is 1. The quantitative estimate of drug-likeness (QED) is 0.881. The van der Waals surface area contributed by atoms with Crippen LogP contribution in [0.15, 0.2) is 6.07 Å². The van der Waals surface area contributed by atoms with Crippen molar-refractivity contribution >= 4 is 5.97 Å². The van der Waals surface area contributed by atoms with Gasteiger partial charge in [0, 0.05) is 24.5 Å². The molecule has 1 N–H and O–H groups in total. The van der Waals surface area contributed by atoms with E-state index in [1.165, 1.54) is 0 Å². The number of rotatable bonds is 4. The lowest BCUT2D eigenvalue weighted by atomic mass is 9.99. The van der Waals surface area contributed by atoms with Crippen LogP contribution in [0.5, 0.6) is 5.75 Å². The Hall–Kier alpha value is -1.65. The van der Waals surface area contributed by atoms with Crippen LogP contribution in [0.1, 0.15) is 24.0 Å². The zero-order valence-corrected chi connectivity index (χ0v) is 9.13. The summed E-state index contributed by atoms with van der Waals surface area (Å²) in [7, 11) is 0. The van der Waals surface area contributed by atoms with Crippen LogP contribution in [-0.4, -0.2) is 17.7 Å².